The van der Waals surface area contributed by atoms with Crippen LogP contribution in [0.25, 0.3) is 0 Å². The highest BCUT2D eigenvalue weighted by Gasteiger charge is 2.54. The van der Waals surface area contributed by atoms with E-state index in [2.05, 4.69) is 26.7 Å². The van der Waals surface area contributed by atoms with Crippen LogP contribution in [0.4, 0.5) is 5.69 Å². The number of aliphatic hydroxyl groups is 1. The van der Waals surface area contributed by atoms with Crippen molar-refractivity contribution in [2.24, 2.45) is 23.2 Å². The molecule has 0 radical (unpaired) electrons. The number of anilines is 1. The van der Waals surface area contributed by atoms with E-state index in [1.807, 2.05) is 25.1 Å². The number of hydrogen-bond donors (Lipinski definition) is 2. The Morgan fingerprint density at radius 3 is 2.55 bits per heavy atom. The van der Waals surface area contributed by atoms with Gasteiger partial charge in [0.15, 0.2) is 0 Å². The first-order chi connectivity index (χ1) is 23.4. The monoisotopic (exact) mass is 711 g/mol. The van der Waals surface area contributed by atoms with Gasteiger partial charge in [0.2, 0.25) is 10.0 Å². The van der Waals surface area contributed by atoms with E-state index < -0.39 is 26.8 Å². The molecule has 2 aromatic rings. The fraction of sp³-hybridized carbons (Fsp3) is 0.658. The number of ether oxygens (including phenoxy) is 2. The number of halogens is 1. The van der Waals surface area contributed by atoms with Crippen molar-refractivity contribution >= 4 is 33.2 Å². The molecule has 49 heavy (non-hydrogen) atoms. The number of amides is 1. The maximum Gasteiger partial charge on any atom is 0.264 e. The maximum absolute atomic E-state index is 13.6. The zero-order chi connectivity index (χ0) is 34.2. The number of nitrogens with one attached hydrogen (secondary N) is 1. The molecule has 1 saturated carbocycles. The molecule has 2 aromatic carbocycles. The Kier molecular flexibility index (Phi) is 8.54. The smallest absolute Gasteiger partial charge is 0.264 e. The summed E-state index contributed by atoms with van der Waals surface area (Å²) in [5.74, 6) is 0.287. The quantitative estimate of drug-likeness (QED) is 0.440. The van der Waals surface area contributed by atoms with Crippen LogP contribution in [0.1, 0.15) is 80.3 Å². The van der Waals surface area contributed by atoms with Gasteiger partial charge in [-0.2, -0.15) is 0 Å². The highest BCUT2D eigenvalue weighted by atomic mass is 35.5. The van der Waals surface area contributed by atoms with Gasteiger partial charge in [0.05, 0.1) is 36.4 Å². The molecule has 0 aromatic heterocycles. The van der Waals surface area contributed by atoms with Gasteiger partial charge in [-0.25, -0.2) is 13.1 Å². The van der Waals surface area contributed by atoms with Crippen molar-refractivity contribution in [3.05, 3.63) is 58.1 Å². The van der Waals surface area contributed by atoms with E-state index in [1.54, 1.807) is 13.0 Å². The summed E-state index contributed by atoms with van der Waals surface area (Å²) < 4.78 is 41.5. The average molecular weight is 712 g/mol. The van der Waals surface area contributed by atoms with Gasteiger partial charge in [-0.05, 0) is 111 Å². The van der Waals surface area contributed by atoms with Crippen molar-refractivity contribution in [2.75, 3.05) is 57.4 Å². The van der Waals surface area contributed by atoms with Crippen LogP contribution in [0, 0.1) is 23.2 Å². The lowest BCUT2D eigenvalue weighted by Crippen LogP contribution is -2.69. The summed E-state index contributed by atoms with van der Waals surface area (Å²) in [7, 11) is -3.94. The maximum atomic E-state index is 13.6. The summed E-state index contributed by atoms with van der Waals surface area (Å²) in [6, 6.07) is 11.5. The first-order valence-electron chi connectivity index (χ1n) is 18.3. The Bertz CT molecular complexity index is 1730. The van der Waals surface area contributed by atoms with Gasteiger partial charge < -0.3 is 19.5 Å². The minimum absolute atomic E-state index is 0.124. The molecule has 8 rings (SSSR count). The van der Waals surface area contributed by atoms with Crippen LogP contribution in [0.3, 0.4) is 0 Å². The summed E-state index contributed by atoms with van der Waals surface area (Å²) >= 11 is 6.46. The van der Waals surface area contributed by atoms with Gasteiger partial charge in [0.25, 0.3) is 5.91 Å². The van der Waals surface area contributed by atoms with Gasteiger partial charge in [0.1, 0.15) is 5.75 Å². The molecule has 2 bridgehead atoms. The lowest BCUT2D eigenvalue weighted by Gasteiger charge is -2.58. The van der Waals surface area contributed by atoms with Gasteiger partial charge in [0, 0.05) is 54.1 Å². The molecule has 4 heterocycles. The van der Waals surface area contributed by atoms with E-state index in [4.69, 9.17) is 21.1 Å². The summed E-state index contributed by atoms with van der Waals surface area (Å²) in [6.07, 6.45) is 6.96. The number of nitrogens with zero attached hydrogens (tertiary/aromatic N) is 2. The summed E-state index contributed by atoms with van der Waals surface area (Å²) in [4.78, 5) is 18.3. The SMILES string of the molecule is C[C@@H]1[C@@H](C)CCC[C@](O)(CN2CC3(COC3)C2)[C@@H]2CC[C@H]2CN2C[C@@]3(CCCc4cc(Cl)ccc43)COc3ccc(cc32)C(=O)NS1(=O)=O. The Hall–Kier alpha value is -2.37. The van der Waals surface area contributed by atoms with E-state index in [1.165, 1.54) is 11.1 Å². The number of carbonyl (C=O) groups is 1. The Balaban J connectivity index is 1.17. The van der Waals surface area contributed by atoms with Gasteiger partial charge in [-0.15, -0.1) is 0 Å². The van der Waals surface area contributed by atoms with Crippen LogP contribution in [0.15, 0.2) is 36.4 Å². The van der Waals surface area contributed by atoms with Crippen LogP contribution < -0.4 is 14.4 Å². The number of sulfonamides is 1. The fourth-order valence-corrected chi connectivity index (χ4v) is 11.4. The van der Waals surface area contributed by atoms with Crippen molar-refractivity contribution in [2.45, 2.75) is 81.5 Å². The van der Waals surface area contributed by atoms with E-state index in [-0.39, 0.29) is 28.6 Å². The molecule has 2 spiro atoms. The molecule has 2 N–H and O–H groups in total. The first kappa shape index (κ1) is 33.8. The number of benzene rings is 2. The normalized spacial score (nSPS) is 35.4. The molecule has 6 aliphatic rings. The number of fused-ring (bicyclic) bond motifs is 4. The average Bonchev–Trinajstić information content (AvgIpc) is 3.15. The van der Waals surface area contributed by atoms with Gasteiger partial charge in [-0.3, -0.25) is 9.69 Å². The second kappa shape index (κ2) is 12.4. The van der Waals surface area contributed by atoms with Crippen molar-refractivity contribution in [1.29, 1.82) is 0 Å². The topological polar surface area (TPSA) is 108 Å². The van der Waals surface area contributed by atoms with E-state index in [9.17, 15) is 18.3 Å². The Morgan fingerprint density at radius 2 is 1.82 bits per heavy atom. The van der Waals surface area contributed by atoms with Crippen LogP contribution in [-0.4, -0.2) is 87.7 Å². The summed E-state index contributed by atoms with van der Waals surface area (Å²) in [6.45, 7) is 9.71. The molecule has 11 heteroatoms. The number of β-amino-alcohol motifs (C(OH)–C–C–N with tert-alkyl or cyclic N) is 1. The Labute approximate surface area is 295 Å². The molecule has 9 nitrogen and oxygen atoms in total. The van der Waals surface area contributed by atoms with E-state index in [0.29, 0.717) is 43.9 Å². The number of hydrogen-bond acceptors (Lipinski definition) is 8. The van der Waals surface area contributed by atoms with Gasteiger partial charge in [-0.1, -0.05) is 31.0 Å². The second-order valence-electron chi connectivity index (χ2n) is 16.5. The molecule has 2 saturated heterocycles. The largest absolute Gasteiger partial charge is 0.490 e. The summed E-state index contributed by atoms with van der Waals surface area (Å²) in [5, 5.41) is 12.7. The fourth-order valence-electron chi connectivity index (χ4n) is 9.94. The summed E-state index contributed by atoms with van der Waals surface area (Å²) in [5.41, 5.74) is 2.74. The van der Waals surface area contributed by atoms with Gasteiger partial charge >= 0.3 is 0 Å². The third-order valence-corrected chi connectivity index (χ3v) is 15.2. The molecular weight excluding hydrogens is 662 g/mol. The molecule has 2 aliphatic carbocycles. The lowest BCUT2D eigenvalue weighted by atomic mass is 9.62. The predicted octanol–water partition coefficient (Wildman–Crippen LogP) is 5.17. The number of aryl methyl sites for hydroxylation is 1. The minimum atomic E-state index is -3.94. The zero-order valence-corrected chi connectivity index (χ0v) is 30.3. The second-order valence-corrected chi connectivity index (χ2v) is 19.0. The van der Waals surface area contributed by atoms with Crippen molar-refractivity contribution in [3.8, 4) is 5.75 Å². The number of carbonyl (C=O) groups excluding carboxylic acids is 1. The van der Waals surface area contributed by atoms with Crippen LogP contribution >= 0.6 is 11.6 Å². The minimum Gasteiger partial charge on any atom is -0.490 e. The van der Waals surface area contributed by atoms with Crippen molar-refractivity contribution < 1.29 is 27.8 Å². The lowest BCUT2D eigenvalue weighted by molar-refractivity contribution is -0.208. The van der Waals surface area contributed by atoms with Crippen LogP contribution in [-0.2, 0) is 26.6 Å². The third kappa shape index (κ3) is 6.07. The number of rotatable bonds is 2. The van der Waals surface area contributed by atoms with Crippen LogP contribution in [0.2, 0.25) is 5.02 Å². The molecule has 3 fully saturated rings. The van der Waals surface area contributed by atoms with Crippen molar-refractivity contribution in [3.63, 3.8) is 0 Å². The predicted molar refractivity (Wildman–Crippen MR) is 190 cm³/mol. The van der Waals surface area contributed by atoms with Crippen molar-refractivity contribution in [1.82, 2.24) is 9.62 Å². The highest BCUT2D eigenvalue weighted by molar-refractivity contribution is 7.90. The number of likely N-dealkylation sites (tertiary alicyclic amines) is 1. The van der Waals surface area contributed by atoms with E-state index in [0.717, 1.165) is 82.1 Å². The Morgan fingerprint density at radius 1 is 1.00 bits per heavy atom. The standard InChI is InChI=1S/C38H50ClN3O6S/c1-25-5-3-14-38(44,21-41-18-36(19-41)22-47-23-36)32-10-7-29(32)17-42-20-37(13-4-6-27-15-30(39)9-11-31(27)37)24-48-34-12-8-28(16-33(34)42)35(43)40-49(45,46)26(25)2/h8-9,11-12,15-16,25-26,29,32,44H,3-7,10,13-14,17-24H2,1-2H3,(H,40,43)/t25-,26+,29-,32+,37-,38-/m0/s1. The molecule has 1 amide bonds. The first-order valence-corrected chi connectivity index (χ1v) is 20.2. The van der Waals surface area contributed by atoms with Crippen LogP contribution in [0.5, 0.6) is 5.75 Å². The molecule has 4 aliphatic heterocycles. The molecule has 6 atom stereocenters. The van der Waals surface area contributed by atoms with E-state index >= 15 is 0 Å². The zero-order valence-electron chi connectivity index (χ0n) is 28.8. The molecule has 266 valence electrons. The highest BCUT2D eigenvalue weighted by Crippen LogP contribution is 2.50. The molecular formula is C38H50ClN3O6S. The third-order valence-electron chi connectivity index (χ3n) is 13.1. The molecule has 0 unspecified atom stereocenters.